The van der Waals surface area contributed by atoms with Gasteiger partial charge in [0, 0.05) is 35.4 Å². The van der Waals surface area contributed by atoms with Gasteiger partial charge in [-0.3, -0.25) is 29.0 Å². The van der Waals surface area contributed by atoms with Crippen molar-refractivity contribution in [2.45, 2.75) is 53.4 Å². The van der Waals surface area contributed by atoms with E-state index >= 15 is 0 Å². The van der Waals surface area contributed by atoms with Crippen molar-refractivity contribution < 1.29 is 19.2 Å². The molecule has 0 spiro atoms. The van der Waals surface area contributed by atoms with Gasteiger partial charge in [0.05, 0.1) is 35.8 Å². The number of ketones is 2. The minimum Gasteiger partial charge on any atom is -0.357 e. The van der Waals surface area contributed by atoms with Crippen molar-refractivity contribution in [1.82, 2.24) is 0 Å². The number of amides is 2. The third kappa shape index (κ3) is 4.51. The molecule has 2 heterocycles. The van der Waals surface area contributed by atoms with Gasteiger partial charge in [-0.25, -0.2) is 0 Å². The largest absolute Gasteiger partial charge is 0.357 e. The Balaban J connectivity index is 1.40. The molecule has 0 fully saturated rings. The van der Waals surface area contributed by atoms with Gasteiger partial charge in [-0.2, -0.15) is 0 Å². The summed E-state index contributed by atoms with van der Waals surface area (Å²) in [5.41, 5.74) is 4.67. The number of carbonyl (C=O) groups is 4. The highest BCUT2D eigenvalue weighted by Gasteiger charge is 2.41. The molecular weight excluding hydrogens is 504 g/mol. The number of nitrogens with zero attached hydrogens (tertiary/aromatic N) is 2. The summed E-state index contributed by atoms with van der Waals surface area (Å²) in [6, 6.07) is 14.6. The van der Waals surface area contributed by atoms with E-state index in [9.17, 15) is 19.2 Å². The average Bonchev–Trinajstić information content (AvgIpc) is 3.14. The monoisotopic (exact) mass is 538 g/mol. The number of nitrogens with one attached hydrogen (secondary N) is 2. The summed E-state index contributed by atoms with van der Waals surface area (Å²) in [5, 5.41) is 6.81. The number of allylic oxidation sites excluding steroid dienone is 2. The van der Waals surface area contributed by atoms with Crippen molar-refractivity contribution in [2.24, 2.45) is 10.8 Å². The summed E-state index contributed by atoms with van der Waals surface area (Å²) < 4.78 is 0. The first-order valence-electron chi connectivity index (χ1n) is 13.8. The number of carbonyl (C=O) groups excluding carboxylic acids is 4. The number of hydrogen-bond donors (Lipinski definition) is 2. The van der Waals surface area contributed by atoms with Crippen molar-refractivity contribution in [3.05, 3.63) is 71.1 Å². The zero-order valence-electron chi connectivity index (χ0n) is 23.4. The van der Waals surface area contributed by atoms with Gasteiger partial charge < -0.3 is 10.6 Å². The number of Topliss-reactive ketones (excluding diaryl/α,β-unsaturated/α-hetero) is 2. The molecule has 0 saturated carbocycles. The van der Waals surface area contributed by atoms with Gasteiger partial charge in [0.15, 0.2) is 11.6 Å². The normalized spacial score (nSPS) is 21.2. The Bertz CT molecular complexity index is 1430. The Labute approximate surface area is 234 Å². The number of anilines is 4. The van der Waals surface area contributed by atoms with Crippen LogP contribution < -0.4 is 20.4 Å². The van der Waals surface area contributed by atoms with Crippen molar-refractivity contribution in [3.8, 4) is 0 Å². The second-order valence-corrected chi connectivity index (χ2v) is 12.9. The van der Waals surface area contributed by atoms with Gasteiger partial charge in [0.25, 0.3) is 0 Å². The lowest BCUT2D eigenvalue weighted by atomic mass is 9.75. The predicted octanol–water partition coefficient (Wildman–Crippen LogP) is 5.19. The number of para-hydroxylation sites is 4. The van der Waals surface area contributed by atoms with Gasteiger partial charge in [0.2, 0.25) is 0 Å². The zero-order chi connectivity index (χ0) is 28.4. The lowest BCUT2D eigenvalue weighted by Crippen LogP contribution is -2.48. The van der Waals surface area contributed by atoms with E-state index in [-0.39, 0.29) is 35.5 Å². The molecule has 8 nitrogen and oxygen atoms in total. The van der Waals surface area contributed by atoms with Crippen LogP contribution >= 0.6 is 0 Å². The van der Waals surface area contributed by atoms with E-state index in [1.807, 2.05) is 36.4 Å². The molecule has 8 heteroatoms. The van der Waals surface area contributed by atoms with Crippen LogP contribution in [0.3, 0.4) is 0 Å². The molecule has 0 aromatic heterocycles. The number of benzene rings is 2. The molecule has 2 aromatic rings. The first-order chi connectivity index (χ1) is 18.9. The van der Waals surface area contributed by atoms with Crippen LogP contribution in [0.1, 0.15) is 53.4 Å². The molecule has 4 aliphatic rings. The summed E-state index contributed by atoms with van der Waals surface area (Å²) in [7, 11) is 0. The second kappa shape index (κ2) is 9.18. The molecule has 0 radical (unpaired) electrons. The van der Waals surface area contributed by atoms with Crippen LogP contribution in [0, 0.1) is 10.8 Å². The van der Waals surface area contributed by atoms with Gasteiger partial charge in [0.1, 0.15) is 0 Å². The van der Waals surface area contributed by atoms with E-state index in [1.54, 1.807) is 12.1 Å². The molecule has 6 rings (SSSR count). The molecule has 0 bridgehead atoms. The Hall–Kier alpha value is -4.20. The average molecular weight is 539 g/mol. The highest BCUT2D eigenvalue weighted by atomic mass is 16.2. The summed E-state index contributed by atoms with van der Waals surface area (Å²) in [5.74, 6) is -1.54. The lowest BCUT2D eigenvalue weighted by molar-refractivity contribution is -0.136. The van der Waals surface area contributed by atoms with Crippen LogP contribution in [0.5, 0.6) is 0 Å². The fourth-order valence-electron chi connectivity index (χ4n) is 6.36. The van der Waals surface area contributed by atoms with E-state index in [0.717, 1.165) is 11.4 Å². The van der Waals surface area contributed by atoms with Gasteiger partial charge in [-0.05, 0) is 47.9 Å². The van der Waals surface area contributed by atoms with Crippen molar-refractivity contribution in [1.29, 1.82) is 0 Å². The first kappa shape index (κ1) is 26.0. The summed E-state index contributed by atoms with van der Waals surface area (Å²) in [6.45, 7) is 8.24. The number of rotatable bonds is 0. The third-order valence-corrected chi connectivity index (χ3v) is 8.26. The molecule has 2 aliphatic carbocycles. The van der Waals surface area contributed by atoms with Crippen molar-refractivity contribution >= 4 is 46.1 Å². The van der Waals surface area contributed by atoms with Crippen LogP contribution in [0.2, 0.25) is 0 Å². The van der Waals surface area contributed by atoms with E-state index in [2.05, 4.69) is 38.3 Å². The molecule has 206 valence electrons. The Morgan fingerprint density at radius 2 is 1.00 bits per heavy atom. The lowest BCUT2D eigenvalue weighted by Gasteiger charge is -2.33. The fourth-order valence-corrected chi connectivity index (χ4v) is 6.36. The Morgan fingerprint density at radius 3 is 1.40 bits per heavy atom. The summed E-state index contributed by atoms with van der Waals surface area (Å²) in [4.78, 5) is 57.6. The molecule has 2 N–H and O–H groups in total. The fraction of sp³-hybridized carbons (Fsp3) is 0.375. The molecule has 0 atom stereocenters. The maximum Gasteiger partial charge on any atom is 0.317 e. The van der Waals surface area contributed by atoms with Crippen molar-refractivity contribution in [3.63, 3.8) is 0 Å². The quantitative estimate of drug-likeness (QED) is 0.448. The van der Waals surface area contributed by atoms with Crippen LogP contribution in [0.25, 0.3) is 0 Å². The van der Waals surface area contributed by atoms with E-state index < -0.39 is 11.8 Å². The zero-order valence-corrected chi connectivity index (χ0v) is 23.4. The van der Waals surface area contributed by atoms with Crippen LogP contribution in [-0.2, 0) is 19.2 Å². The molecule has 40 heavy (non-hydrogen) atoms. The molecule has 0 saturated heterocycles. The maximum absolute atomic E-state index is 14.1. The van der Waals surface area contributed by atoms with Crippen LogP contribution in [0.15, 0.2) is 71.1 Å². The third-order valence-electron chi connectivity index (χ3n) is 8.26. The first-order valence-corrected chi connectivity index (χ1v) is 13.8. The van der Waals surface area contributed by atoms with Crippen molar-refractivity contribution in [2.75, 3.05) is 33.5 Å². The van der Waals surface area contributed by atoms with Gasteiger partial charge in [-0.1, -0.05) is 52.0 Å². The number of hydrogen-bond acceptors (Lipinski definition) is 6. The summed E-state index contributed by atoms with van der Waals surface area (Å²) >= 11 is 0. The SMILES string of the molecule is CC1(C)CC(=O)C2=C(C1)Nc1ccccc1N(C(=O)C(=O)N1CC3=C(CC(C)(C)CC3=O)Nc3ccccc31)C2. The number of fused-ring (bicyclic) bond motifs is 2. The smallest absolute Gasteiger partial charge is 0.317 e. The van der Waals surface area contributed by atoms with Gasteiger partial charge in [-0.15, -0.1) is 0 Å². The van der Waals surface area contributed by atoms with Gasteiger partial charge >= 0.3 is 11.8 Å². The second-order valence-electron chi connectivity index (χ2n) is 12.9. The highest BCUT2D eigenvalue weighted by molar-refractivity contribution is 6.46. The molecule has 2 aliphatic heterocycles. The summed E-state index contributed by atoms with van der Waals surface area (Å²) in [6.07, 6.45) is 2.08. The highest BCUT2D eigenvalue weighted by Crippen LogP contribution is 2.43. The minimum atomic E-state index is -0.747. The molecule has 2 aromatic carbocycles. The van der Waals surface area contributed by atoms with Crippen LogP contribution in [-0.4, -0.2) is 36.5 Å². The topological polar surface area (TPSA) is 98.8 Å². The maximum atomic E-state index is 14.1. The minimum absolute atomic E-state index is 0.00758. The molecular formula is C32H34N4O4. The Morgan fingerprint density at radius 1 is 0.625 bits per heavy atom. The predicted molar refractivity (Wildman–Crippen MR) is 155 cm³/mol. The van der Waals surface area contributed by atoms with E-state index in [1.165, 1.54) is 9.80 Å². The standard InChI is InChI=1S/C32H34N4O4/c1-31(2)13-23-19(27(37)15-31)17-35(25-11-7-5-9-21(25)33-23)29(39)30(40)36-18-20-24(14-32(3,4)16-28(20)38)34-22-10-6-8-12-26(22)36/h5-12,33-34H,13-18H2,1-4H3. The van der Waals surface area contributed by atoms with Crippen LogP contribution in [0.4, 0.5) is 22.7 Å². The van der Waals surface area contributed by atoms with E-state index in [0.29, 0.717) is 59.6 Å². The van der Waals surface area contributed by atoms with E-state index in [4.69, 9.17) is 0 Å². The Kier molecular flexibility index (Phi) is 5.98. The molecule has 2 amide bonds. The molecule has 0 unspecified atom stereocenters.